The summed E-state index contributed by atoms with van der Waals surface area (Å²) in [6.45, 7) is 0.978. The summed E-state index contributed by atoms with van der Waals surface area (Å²) in [5.74, 6) is 0.234. The monoisotopic (exact) mass is 369 g/mol. The Kier molecular flexibility index (Phi) is 6.30. The lowest BCUT2D eigenvalue weighted by Crippen LogP contribution is -2.39. The maximum atomic E-state index is 12.3. The third-order valence-corrected chi connectivity index (χ3v) is 4.54. The fraction of sp³-hybridized carbons (Fsp3) is 0.333. The third kappa shape index (κ3) is 5.48. The van der Waals surface area contributed by atoms with Gasteiger partial charge in [-0.2, -0.15) is 0 Å². The molecule has 2 aromatic carbocycles. The van der Waals surface area contributed by atoms with E-state index in [1.807, 2.05) is 30.3 Å². The number of benzene rings is 2. The molecule has 1 fully saturated rings. The van der Waals surface area contributed by atoms with Crippen molar-refractivity contribution in [2.75, 3.05) is 13.2 Å². The highest BCUT2D eigenvalue weighted by molar-refractivity contribution is 5.79. The number of aliphatic carboxylic acids is 1. The molecule has 142 valence electrons. The molecule has 1 aliphatic heterocycles. The molecular weight excluding hydrogens is 346 g/mol. The number of rotatable bonds is 8. The zero-order valence-corrected chi connectivity index (χ0v) is 15.0. The average molecular weight is 369 g/mol. The molecule has 27 heavy (non-hydrogen) atoms. The van der Waals surface area contributed by atoms with Crippen molar-refractivity contribution in [1.29, 1.82) is 0 Å². The Morgan fingerprint density at radius 2 is 1.67 bits per heavy atom. The van der Waals surface area contributed by atoms with Crippen LogP contribution in [0.25, 0.3) is 0 Å². The van der Waals surface area contributed by atoms with Crippen molar-refractivity contribution in [1.82, 2.24) is 4.90 Å². The van der Waals surface area contributed by atoms with Crippen LogP contribution >= 0.6 is 0 Å². The molecule has 2 aromatic rings. The number of hydrogen-bond donors (Lipinski definition) is 1. The van der Waals surface area contributed by atoms with E-state index in [2.05, 4.69) is 0 Å². The summed E-state index contributed by atoms with van der Waals surface area (Å²) in [6.07, 6.45) is 1.54. The molecule has 1 aliphatic rings. The molecule has 0 aliphatic carbocycles. The zero-order valence-electron chi connectivity index (χ0n) is 15.0. The molecule has 0 saturated carbocycles. The van der Waals surface area contributed by atoms with Crippen LogP contribution < -0.4 is 9.47 Å². The maximum Gasteiger partial charge on any atom is 0.305 e. The van der Waals surface area contributed by atoms with E-state index in [0.29, 0.717) is 18.9 Å². The van der Waals surface area contributed by atoms with E-state index in [1.165, 1.54) is 0 Å². The van der Waals surface area contributed by atoms with Crippen molar-refractivity contribution < 1.29 is 24.2 Å². The van der Waals surface area contributed by atoms with Gasteiger partial charge in [-0.1, -0.05) is 30.3 Å². The lowest BCUT2D eigenvalue weighted by molar-refractivity contribution is -0.140. The number of carbonyl (C=O) groups excluding carboxylic acids is 1. The van der Waals surface area contributed by atoms with Gasteiger partial charge in [0.2, 0.25) is 0 Å². The van der Waals surface area contributed by atoms with E-state index >= 15 is 0 Å². The number of carbonyl (C=O) groups is 2. The van der Waals surface area contributed by atoms with Crippen LogP contribution in [-0.4, -0.2) is 41.1 Å². The molecule has 3 rings (SSSR count). The summed E-state index contributed by atoms with van der Waals surface area (Å²) in [6, 6.07) is 16.8. The number of hydrogen-bond acceptors (Lipinski definition) is 4. The summed E-state index contributed by atoms with van der Waals surface area (Å²) < 4.78 is 11.3. The first kappa shape index (κ1) is 18.8. The van der Waals surface area contributed by atoms with E-state index in [4.69, 9.17) is 14.6 Å². The lowest BCUT2D eigenvalue weighted by Gasteiger charge is -2.23. The van der Waals surface area contributed by atoms with Gasteiger partial charge in [0.1, 0.15) is 18.1 Å². The summed E-state index contributed by atoms with van der Waals surface area (Å²) in [5.41, 5.74) is 1.09. The molecule has 1 N–H and O–H groups in total. The Balaban J connectivity index is 1.47. The van der Waals surface area contributed by atoms with Crippen molar-refractivity contribution in [3.05, 3.63) is 60.2 Å². The highest BCUT2D eigenvalue weighted by Gasteiger charge is 2.30. The fourth-order valence-electron chi connectivity index (χ4n) is 3.18. The quantitative estimate of drug-likeness (QED) is 0.774. The Morgan fingerprint density at radius 1 is 1.00 bits per heavy atom. The van der Waals surface area contributed by atoms with Gasteiger partial charge in [-0.25, -0.2) is 0 Å². The minimum atomic E-state index is -0.883. The van der Waals surface area contributed by atoms with Gasteiger partial charge in [0.05, 0.1) is 6.42 Å². The van der Waals surface area contributed by atoms with Crippen LogP contribution in [0.1, 0.15) is 24.8 Å². The van der Waals surface area contributed by atoms with E-state index in [9.17, 15) is 9.59 Å². The van der Waals surface area contributed by atoms with Crippen molar-refractivity contribution in [3.8, 4) is 11.5 Å². The molecule has 6 nitrogen and oxygen atoms in total. The summed E-state index contributed by atoms with van der Waals surface area (Å²) in [7, 11) is 0. The van der Waals surface area contributed by atoms with Gasteiger partial charge in [0, 0.05) is 12.6 Å². The predicted molar refractivity (Wildman–Crippen MR) is 99.7 cm³/mol. The number of nitrogens with zero attached hydrogens (tertiary/aromatic N) is 1. The van der Waals surface area contributed by atoms with Gasteiger partial charge in [-0.05, 0) is 42.7 Å². The van der Waals surface area contributed by atoms with Crippen LogP contribution in [-0.2, 0) is 16.2 Å². The summed E-state index contributed by atoms with van der Waals surface area (Å²) >= 11 is 0. The first-order valence-corrected chi connectivity index (χ1v) is 9.02. The minimum absolute atomic E-state index is 0.0147. The first-order valence-electron chi connectivity index (χ1n) is 9.02. The molecule has 0 bridgehead atoms. The topological polar surface area (TPSA) is 76.1 Å². The molecule has 6 heteroatoms. The van der Waals surface area contributed by atoms with Crippen molar-refractivity contribution >= 4 is 11.9 Å². The van der Waals surface area contributed by atoms with Gasteiger partial charge >= 0.3 is 5.97 Å². The SMILES string of the molecule is O=C(O)CC1CCCN1C(=O)COc1ccc(OCc2ccccc2)cc1. The second-order valence-corrected chi connectivity index (χ2v) is 6.52. The van der Waals surface area contributed by atoms with Crippen molar-refractivity contribution in [2.24, 2.45) is 0 Å². The van der Waals surface area contributed by atoms with E-state index in [-0.39, 0.29) is 25.0 Å². The Bertz CT molecular complexity index is 760. The van der Waals surface area contributed by atoms with Crippen molar-refractivity contribution in [3.63, 3.8) is 0 Å². The molecule has 0 aromatic heterocycles. The van der Waals surface area contributed by atoms with Crippen LogP contribution in [0.4, 0.5) is 0 Å². The Labute approximate surface area is 158 Å². The number of amides is 1. The van der Waals surface area contributed by atoms with Crippen LogP contribution in [0.2, 0.25) is 0 Å². The van der Waals surface area contributed by atoms with E-state index in [0.717, 1.165) is 24.2 Å². The molecular formula is C21H23NO5. The fourth-order valence-corrected chi connectivity index (χ4v) is 3.18. The average Bonchev–Trinajstić information content (AvgIpc) is 3.13. The van der Waals surface area contributed by atoms with Gasteiger partial charge in [-0.3, -0.25) is 9.59 Å². The second kappa shape index (κ2) is 9.07. The minimum Gasteiger partial charge on any atom is -0.489 e. The summed E-state index contributed by atoms with van der Waals surface area (Å²) in [5, 5.41) is 8.94. The third-order valence-electron chi connectivity index (χ3n) is 4.54. The molecule has 1 atom stereocenters. The molecule has 0 spiro atoms. The lowest BCUT2D eigenvalue weighted by atomic mass is 10.1. The van der Waals surface area contributed by atoms with Crippen molar-refractivity contribution in [2.45, 2.75) is 31.9 Å². The van der Waals surface area contributed by atoms with Crippen LogP contribution in [0.3, 0.4) is 0 Å². The molecule has 1 unspecified atom stereocenters. The zero-order chi connectivity index (χ0) is 19.1. The van der Waals surface area contributed by atoms with E-state index in [1.54, 1.807) is 29.2 Å². The van der Waals surface area contributed by atoms with Gasteiger partial charge in [-0.15, -0.1) is 0 Å². The number of carboxylic acid groups (broad SMARTS) is 1. The maximum absolute atomic E-state index is 12.3. The van der Waals surface area contributed by atoms with Crippen LogP contribution in [0, 0.1) is 0 Å². The molecule has 1 heterocycles. The Hall–Kier alpha value is -3.02. The largest absolute Gasteiger partial charge is 0.489 e. The number of carboxylic acids is 1. The van der Waals surface area contributed by atoms with Crippen LogP contribution in [0.5, 0.6) is 11.5 Å². The normalized spacial score (nSPS) is 16.1. The van der Waals surface area contributed by atoms with Gasteiger partial charge in [0.15, 0.2) is 6.61 Å². The van der Waals surface area contributed by atoms with Crippen LogP contribution in [0.15, 0.2) is 54.6 Å². The highest BCUT2D eigenvalue weighted by atomic mass is 16.5. The summed E-state index contributed by atoms with van der Waals surface area (Å²) in [4.78, 5) is 24.8. The first-order chi connectivity index (χ1) is 13.1. The standard InChI is InChI=1S/C21H23NO5/c23-20(22-12-4-7-17(22)13-21(24)25)15-27-19-10-8-18(9-11-19)26-14-16-5-2-1-3-6-16/h1-3,5-6,8-11,17H,4,7,12-15H2,(H,24,25). The van der Waals surface area contributed by atoms with Gasteiger partial charge in [0.25, 0.3) is 5.91 Å². The van der Waals surface area contributed by atoms with E-state index < -0.39 is 5.97 Å². The highest BCUT2D eigenvalue weighted by Crippen LogP contribution is 2.22. The second-order valence-electron chi connectivity index (χ2n) is 6.52. The smallest absolute Gasteiger partial charge is 0.305 e. The van der Waals surface area contributed by atoms with Gasteiger partial charge < -0.3 is 19.5 Å². The number of likely N-dealkylation sites (tertiary alicyclic amines) is 1. The Morgan fingerprint density at radius 3 is 2.33 bits per heavy atom. The molecule has 1 amide bonds. The molecule has 0 radical (unpaired) electrons. The molecule has 1 saturated heterocycles. The number of ether oxygens (including phenoxy) is 2. The predicted octanol–water partition coefficient (Wildman–Crippen LogP) is 3.11.